The fourth-order valence-corrected chi connectivity index (χ4v) is 2.30. The van der Waals surface area contributed by atoms with Crippen LogP contribution in [0, 0.1) is 0 Å². The average Bonchev–Trinajstić information content (AvgIpc) is 2.94. The van der Waals surface area contributed by atoms with Gasteiger partial charge in [0.1, 0.15) is 10.7 Å². The van der Waals surface area contributed by atoms with Crippen LogP contribution in [0.4, 0.5) is 0 Å². The number of carbonyl (C=O) groups is 2. The zero-order valence-electron chi connectivity index (χ0n) is 10.4. The van der Waals surface area contributed by atoms with Gasteiger partial charge in [-0.05, 0) is 5.56 Å². The lowest BCUT2D eigenvalue weighted by Gasteiger charge is -2.13. The summed E-state index contributed by atoms with van der Waals surface area (Å²) in [5.74, 6) is -1.66. The Bertz CT molecular complexity index is 612. The highest BCUT2D eigenvalue weighted by Gasteiger charge is 2.23. The molecule has 0 aliphatic rings. The Kier molecular flexibility index (Phi) is 4.44. The van der Waals surface area contributed by atoms with Crippen LogP contribution < -0.4 is 11.1 Å². The van der Waals surface area contributed by atoms with Crippen LogP contribution in [0.3, 0.4) is 0 Å². The Morgan fingerprint density at radius 3 is 2.60 bits per heavy atom. The third-order valence-corrected chi connectivity index (χ3v) is 3.49. The Morgan fingerprint density at radius 1 is 1.35 bits per heavy atom. The number of carboxylic acid groups (broad SMARTS) is 1. The van der Waals surface area contributed by atoms with Gasteiger partial charge < -0.3 is 16.2 Å². The minimum absolute atomic E-state index is 0.178. The highest BCUT2D eigenvalue weighted by molar-refractivity contribution is 7.09. The molecular weight excluding hydrogens is 278 g/mol. The largest absolute Gasteiger partial charge is 0.479 e. The van der Waals surface area contributed by atoms with Crippen LogP contribution in [-0.4, -0.2) is 22.0 Å². The first-order valence-corrected chi connectivity index (χ1v) is 6.73. The van der Waals surface area contributed by atoms with E-state index in [1.807, 2.05) is 0 Å². The summed E-state index contributed by atoms with van der Waals surface area (Å²) < 4.78 is 0. The Balaban J connectivity index is 2.16. The van der Waals surface area contributed by atoms with Gasteiger partial charge in [-0.2, -0.15) is 0 Å². The van der Waals surface area contributed by atoms with E-state index in [-0.39, 0.29) is 12.2 Å². The monoisotopic (exact) mass is 291 g/mol. The highest BCUT2D eigenvalue weighted by Crippen LogP contribution is 2.15. The van der Waals surface area contributed by atoms with Crippen molar-refractivity contribution in [2.75, 3.05) is 0 Å². The number of carbonyl (C=O) groups excluding carboxylic acids is 1. The number of carboxylic acids is 1. The molecule has 2 aromatic rings. The number of thiazole rings is 1. The molecule has 1 atom stereocenters. The normalized spacial score (nSPS) is 11.8. The van der Waals surface area contributed by atoms with Crippen LogP contribution in [0.15, 0.2) is 35.7 Å². The highest BCUT2D eigenvalue weighted by atomic mass is 32.1. The number of nitrogens with two attached hydrogens (primary N) is 1. The number of benzene rings is 1. The summed E-state index contributed by atoms with van der Waals surface area (Å²) >= 11 is 1.26. The summed E-state index contributed by atoms with van der Waals surface area (Å²) in [6.07, 6.45) is 0. The van der Waals surface area contributed by atoms with E-state index in [1.54, 1.807) is 35.7 Å². The fourth-order valence-electron chi connectivity index (χ4n) is 1.65. The van der Waals surface area contributed by atoms with E-state index in [1.165, 1.54) is 11.3 Å². The van der Waals surface area contributed by atoms with Gasteiger partial charge in [-0.15, -0.1) is 11.3 Å². The van der Waals surface area contributed by atoms with E-state index in [0.717, 1.165) is 0 Å². The van der Waals surface area contributed by atoms with Gasteiger partial charge in [-0.1, -0.05) is 30.3 Å². The summed E-state index contributed by atoms with van der Waals surface area (Å²) in [6.45, 7) is 0.249. The number of nitrogens with one attached hydrogen (secondary N) is 1. The first-order valence-electron chi connectivity index (χ1n) is 5.85. The number of nitrogens with zero attached hydrogens (tertiary/aromatic N) is 1. The summed E-state index contributed by atoms with van der Waals surface area (Å²) in [4.78, 5) is 27.3. The van der Waals surface area contributed by atoms with Gasteiger partial charge in [0.25, 0.3) is 5.91 Å². The number of aliphatic carboxylic acids is 1. The third-order valence-electron chi connectivity index (χ3n) is 2.61. The molecule has 4 N–H and O–H groups in total. The second-order valence-electron chi connectivity index (χ2n) is 3.99. The summed E-state index contributed by atoms with van der Waals surface area (Å²) in [5.41, 5.74) is 6.11. The van der Waals surface area contributed by atoms with Crippen molar-refractivity contribution in [1.82, 2.24) is 10.3 Å². The summed E-state index contributed by atoms with van der Waals surface area (Å²) in [7, 11) is 0. The molecule has 0 radical (unpaired) electrons. The van der Waals surface area contributed by atoms with E-state index < -0.39 is 17.9 Å². The molecule has 104 valence electrons. The number of amides is 1. The first kappa shape index (κ1) is 14.2. The number of hydrogen-bond acceptors (Lipinski definition) is 5. The molecule has 0 spiro atoms. The van der Waals surface area contributed by atoms with Crippen LogP contribution in [0.2, 0.25) is 0 Å². The van der Waals surface area contributed by atoms with E-state index in [0.29, 0.717) is 10.6 Å². The number of rotatable bonds is 5. The molecule has 1 aromatic heterocycles. The van der Waals surface area contributed by atoms with E-state index in [2.05, 4.69) is 10.3 Å². The predicted octanol–water partition coefficient (Wildman–Crippen LogP) is 1.16. The second-order valence-corrected chi connectivity index (χ2v) is 4.93. The molecule has 0 bridgehead atoms. The van der Waals surface area contributed by atoms with Crippen LogP contribution in [0.25, 0.3) is 0 Å². The molecule has 0 aliphatic carbocycles. The minimum Gasteiger partial charge on any atom is -0.479 e. The van der Waals surface area contributed by atoms with Gasteiger partial charge in [0.15, 0.2) is 6.04 Å². The third kappa shape index (κ3) is 3.19. The maximum Gasteiger partial charge on any atom is 0.330 e. The van der Waals surface area contributed by atoms with E-state index in [9.17, 15) is 14.7 Å². The maximum atomic E-state index is 12.0. The first-order chi connectivity index (χ1) is 9.61. The predicted molar refractivity (Wildman–Crippen MR) is 74.3 cm³/mol. The van der Waals surface area contributed by atoms with Crippen LogP contribution in [0.5, 0.6) is 0 Å². The van der Waals surface area contributed by atoms with Crippen LogP contribution in [-0.2, 0) is 11.3 Å². The number of hydrogen-bond donors (Lipinski definition) is 3. The standard InChI is InChI=1S/C13H13N3O3S/c14-6-10-15-9(7-20-10)12(17)16-11(13(18)19)8-4-2-1-3-5-8/h1-5,7,11H,6,14H2,(H,16,17)(H,18,19)/t11-/m1/s1. The van der Waals surface area contributed by atoms with Crippen molar-refractivity contribution >= 4 is 23.2 Å². The Morgan fingerprint density at radius 2 is 2.05 bits per heavy atom. The molecule has 0 saturated heterocycles. The lowest BCUT2D eigenvalue weighted by atomic mass is 10.1. The van der Waals surface area contributed by atoms with Crippen molar-refractivity contribution < 1.29 is 14.7 Å². The van der Waals surface area contributed by atoms with Crippen molar-refractivity contribution in [3.8, 4) is 0 Å². The molecule has 20 heavy (non-hydrogen) atoms. The quantitative estimate of drug-likeness (QED) is 0.766. The molecule has 1 aromatic carbocycles. The van der Waals surface area contributed by atoms with Crippen LogP contribution in [0.1, 0.15) is 27.1 Å². The van der Waals surface area contributed by atoms with Gasteiger partial charge >= 0.3 is 5.97 Å². The van der Waals surface area contributed by atoms with Crippen molar-refractivity contribution in [3.05, 3.63) is 52.0 Å². The lowest BCUT2D eigenvalue weighted by Crippen LogP contribution is -2.33. The van der Waals surface area contributed by atoms with Crippen molar-refractivity contribution in [2.45, 2.75) is 12.6 Å². The zero-order chi connectivity index (χ0) is 14.5. The van der Waals surface area contributed by atoms with Crippen molar-refractivity contribution in [1.29, 1.82) is 0 Å². The average molecular weight is 291 g/mol. The van der Waals surface area contributed by atoms with Gasteiger partial charge in [0, 0.05) is 11.9 Å². The smallest absolute Gasteiger partial charge is 0.330 e. The van der Waals surface area contributed by atoms with Gasteiger partial charge in [-0.25, -0.2) is 9.78 Å². The second kappa shape index (κ2) is 6.27. The van der Waals surface area contributed by atoms with Gasteiger partial charge in [0.05, 0.1) is 0 Å². The Labute approximate surface area is 119 Å². The minimum atomic E-state index is -1.13. The van der Waals surface area contributed by atoms with Crippen molar-refractivity contribution in [2.24, 2.45) is 5.73 Å². The molecule has 0 unspecified atom stereocenters. The van der Waals surface area contributed by atoms with E-state index in [4.69, 9.17) is 5.73 Å². The zero-order valence-corrected chi connectivity index (χ0v) is 11.3. The molecule has 0 fully saturated rings. The number of aromatic nitrogens is 1. The topological polar surface area (TPSA) is 105 Å². The maximum absolute atomic E-state index is 12.0. The Hall–Kier alpha value is -2.25. The molecule has 7 heteroatoms. The summed E-state index contributed by atoms with van der Waals surface area (Å²) in [5, 5.41) is 13.9. The van der Waals surface area contributed by atoms with Gasteiger partial charge in [0.2, 0.25) is 0 Å². The fraction of sp³-hybridized carbons (Fsp3) is 0.154. The van der Waals surface area contributed by atoms with Gasteiger partial charge in [-0.3, -0.25) is 4.79 Å². The molecular formula is C13H13N3O3S. The molecule has 1 heterocycles. The molecule has 2 rings (SSSR count). The molecule has 1 amide bonds. The lowest BCUT2D eigenvalue weighted by molar-refractivity contribution is -0.139. The summed E-state index contributed by atoms with van der Waals surface area (Å²) in [6, 6.07) is 7.39. The molecule has 0 aliphatic heterocycles. The molecule has 0 saturated carbocycles. The van der Waals surface area contributed by atoms with E-state index >= 15 is 0 Å². The van der Waals surface area contributed by atoms with Crippen LogP contribution >= 0.6 is 11.3 Å². The van der Waals surface area contributed by atoms with Crippen molar-refractivity contribution in [3.63, 3.8) is 0 Å². The molecule has 6 nitrogen and oxygen atoms in total. The SMILES string of the molecule is NCc1nc(C(=O)N[C@@H](C(=O)O)c2ccccc2)cs1.